The number of fused-ring (bicyclic) bond motifs is 1. The molecule has 0 radical (unpaired) electrons. The number of aromatic hydroxyl groups is 1. The standard InChI is InChI=1S/C18H20O2/c1-17(2)12-18(3,13-8-10-14(19)11-9-13)15-6-4-5-7-16(15)20-17/h4-11,19H,12H2,1-3H3/t18-/m1/s1. The zero-order chi connectivity index (χ0) is 14.4. The van der Waals surface area contributed by atoms with Crippen LogP contribution in [0.4, 0.5) is 0 Å². The lowest BCUT2D eigenvalue weighted by Gasteiger charge is -2.44. The van der Waals surface area contributed by atoms with Crippen molar-refractivity contribution >= 4 is 0 Å². The summed E-state index contributed by atoms with van der Waals surface area (Å²) in [5.41, 5.74) is 2.11. The van der Waals surface area contributed by atoms with Crippen molar-refractivity contribution < 1.29 is 9.84 Å². The van der Waals surface area contributed by atoms with Gasteiger partial charge in [-0.1, -0.05) is 37.3 Å². The minimum Gasteiger partial charge on any atom is -0.508 e. The molecule has 3 rings (SSSR count). The number of rotatable bonds is 1. The van der Waals surface area contributed by atoms with Crippen molar-refractivity contribution in [2.24, 2.45) is 0 Å². The number of para-hydroxylation sites is 1. The third-order valence-electron chi connectivity index (χ3n) is 4.15. The third-order valence-corrected chi connectivity index (χ3v) is 4.15. The van der Waals surface area contributed by atoms with Crippen LogP contribution < -0.4 is 4.74 Å². The first-order valence-electron chi connectivity index (χ1n) is 6.99. The van der Waals surface area contributed by atoms with Crippen LogP contribution in [0.1, 0.15) is 38.3 Å². The van der Waals surface area contributed by atoms with Gasteiger partial charge in [0.15, 0.2) is 0 Å². The molecule has 20 heavy (non-hydrogen) atoms. The minimum absolute atomic E-state index is 0.105. The molecule has 0 aliphatic carbocycles. The molecule has 2 nitrogen and oxygen atoms in total. The molecule has 1 heterocycles. The Morgan fingerprint density at radius 1 is 0.950 bits per heavy atom. The molecule has 0 fully saturated rings. The molecule has 0 spiro atoms. The van der Waals surface area contributed by atoms with Gasteiger partial charge >= 0.3 is 0 Å². The highest BCUT2D eigenvalue weighted by molar-refractivity contribution is 5.49. The van der Waals surface area contributed by atoms with E-state index < -0.39 is 0 Å². The first kappa shape index (κ1) is 13.0. The fourth-order valence-electron chi connectivity index (χ4n) is 3.38. The molecule has 104 valence electrons. The first-order chi connectivity index (χ1) is 9.41. The molecule has 1 aliphatic rings. The maximum atomic E-state index is 9.51. The highest BCUT2D eigenvalue weighted by Crippen LogP contribution is 2.48. The molecule has 1 N–H and O–H groups in total. The van der Waals surface area contributed by atoms with Gasteiger partial charge in [0.25, 0.3) is 0 Å². The Balaban J connectivity index is 2.18. The summed E-state index contributed by atoms with van der Waals surface area (Å²) in [6, 6.07) is 15.8. The van der Waals surface area contributed by atoms with Crippen LogP contribution >= 0.6 is 0 Å². The molecule has 2 aromatic rings. The van der Waals surface area contributed by atoms with Gasteiger partial charge in [-0.15, -0.1) is 0 Å². The van der Waals surface area contributed by atoms with Crippen molar-refractivity contribution in [1.82, 2.24) is 0 Å². The Hall–Kier alpha value is -1.96. The molecule has 0 unspecified atom stereocenters. The monoisotopic (exact) mass is 268 g/mol. The van der Waals surface area contributed by atoms with Crippen molar-refractivity contribution in [1.29, 1.82) is 0 Å². The van der Waals surface area contributed by atoms with E-state index in [4.69, 9.17) is 4.74 Å². The summed E-state index contributed by atoms with van der Waals surface area (Å²) in [6.45, 7) is 6.51. The van der Waals surface area contributed by atoms with Gasteiger partial charge in [-0.05, 0) is 37.6 Å². The molecule has 0 saturated carbocycles. The predicted molar refractivity (Wildman–Crippen MR) is 80.3 cm³/mol. The van der Waals surface area contributed by atoms with Crippen LogP contribution in [-0.4, -0.2) is 10.7 Å². The summed E-state index contributed by atoms with van der Waals surface area (Å²) in [6.07, 6.45) is 0.905. The molecule has 1 atom stereocenters. The Bertz CT molecular complexity index is 628. The molecule has 2 aromatic carbocycles. The molecule has 2 heteroatoms. The van der Waals surface area contributed by atoms with Crippen molar-refractivity contribution in [3.05, 3.63) is 59.7 Å². The average molecular weight is 268 g/mol. The van der Waals surface area contributed by atoms with Crippen molar-refractivity contribution in [3.63, 3.8) is 0 Å². The molecule has 1 aliphatic heterocycles. The summed E-state index contributed by atoms with van der Waals surface area (Å²) < 4.78 is 6.11. The van der Waals surface area contributed by atoms with Crippen molar-refractivity contribution in [2.75, 3.05) is 0 Å². The first-order valence-corrected chi connectivity index (χ1v) is 6.99. The SMILES string of the molecule is CC1(C)C[C@](C)(c2ccc(O)cc2)c2ccccc2O1. The maximum Gasteiger partial charge on any atom is 0.124 e. The van der Waals surface area contributed by atoms with E-state index in [1.165, 1.54) is 11.1 Å². The zero-order valence-electron chi connectivity index (χ0n) is 12.2. The van der Waals surface area contributed by atoms with Crippen LogP contribution in [0.5, 0.6) is 11.5 Å². The molecule has 0 aromatic heterocycles. The number of phenols is 1. The van der Waals surface area contributed by atoms with E-state index in [1.54, 1.807) is 12.1 Å². The zero-order valence-corrected chi connectivity index (χ0v) is 12.2. The summed E-state index contributed by atoms with van der Waals surface area (Å²) in [5, 5.41) is 9.51. The number of hydrogen-bond acceptors (Lipinski definition) is 2. The third kappa shape index (κ3) is 2.05. The largest absolute Gasteiger partial charge is 0.508 e. The topological polar surface area (TPSA) is 29.5 Å². The van der Waals surface area contributed by atoms with Gasteiger partial charge in [0.05, 0.1) is 0 Å². The number of ether oxygens (including phenoxy) is 1. The van der Waals surface area contributed by atoms with E-state index >= 15 is 0 Å². The lowest BCUT2D eigenvalue weighted by molar-refractivity contribution is 0.0583. The number of phenolic OH excluding ortho intramolecular Hbond substituents is 1. The Labute approximate surface area is 120 Å². The summed E-state index contributed by atoms with van der Waals surface area (Å²) in [4.78, 5) is 0. The van der Waals surface area contributed by atoms with Gasteiger partial charge in [0.2, 0.25) is 0 Å². The molecular weight excluding hydrogens is 248 g/mol. The van der Waals surface area contributed by atoms with E-state index in [-0.39, 0.29) is 11.0 Å². The summed E-state index contributed by atoms with van der Waals surface area (Å²) >= 11 is 0. The number of hydrogen-bond donors (Lipinski definition) is 1. The van der Waals surface area contributed by atoms with E-state index in [0.717, 1.165) is 12.2 Å². The lowest BCUT2D eigenvalue weighted by atomic mass is 9.68. The molecule has 0 saturated heterocycles. The van der Waals surface area contributed by atoms with Crippen molar-refractivity contribution in [2.45, 2.75) is 38.2 Å². The highest BCUT2D eigenvalue weighted by atomic mass is 16.5. The second-order valence-electron chi connectivity index (χ2n) is 6.41. The molecule has 0 amide bonds. The van der Waals surface area contributed by atoms with Crippen LogP contribution in [0.2, 0.25) is 0 Å². The smallest absolute Gasteiger partial charge is 0.124 e. The van der Waals surface area contributed by atoms with Crippen LogP contribution in [0.25, 0.3) is 0 Å². The Morgan fingerprint density at radius 3 is 2.30 bits per heavy atom. The summed E-state index contributed by atoms with van der Waals surface area (Å²) in [5.74, 6) is 1.26. The van der Waals surface area contributed by atoms with Crippen LogP contribution in [-0.2, 0) is 5.41 Å². The lowest BCUT2D eigenvalue weighted by Crippen LogP contribution is -2.43. The maximum absolute atomic E-state index is 9.51. The predicted octanol–water partition coefficient (Wildman–Crippen LogP) is 4.26. The normalized spacial score (nSPS) is 23.8. The van der Waals surface area contributed by atoms with Gasteiger partial charge < -0.3 is 9.84 Å². The summed E-state index contributed by atoms with van der Waals surface area (Å²) in [7, 11) is 0. The second-order valence-corrected chi connectivity index (χ2v) is 6.41. The van der Waals surface area contributed by atoms with Crippen LogP contribution in [0.15, 0.2) is 48.5 Å². The van der Waals surface area contributed by atoms with Crippen LogP contribution in [0, 0.1) is 0 Å². The van der Waals surface area contributed by atoms with E-state index in [0.29, 0.717) is 5.75 Å². The minimum atomic E-state index is -0.207. The van der Waals surface area contributed by atoms with Crippen LogP contribution in [0.3, 0.4) is 0 Å². The van der Waals surface area contributed by atoms with Gasteiger partial charge in [-0.2, -0.15) is 0 Å². The average Bonchev–Trinajstić information content (AvgIpc) is 2.38. The van der Waals surface area contributed by atoms with E-state index in [9.17, 15) is 5.11 Å². The van der Waals surface area contributed by atoms with Gasteiger partial charge in [0.1, 0.15) is 17.1 Å². The fourth-order valence-corrected chi connectivity index (χ4v) is 3.38. The van der Waals surface area contributed by atoms with Gasteiger partial charge in [0, 0.05) is 17.4 Å². The van der Waals surface area contributed by atoms with Gasteiger partial charge in [-0.3, -0.25) is 0 Å². The Kier molecular flexibility index (Phi) is 2.79. The van der Waals surface area contributed by atoms with Crippen molar-refractivity contribution in [3.8, 4) is 11.5 Å². The molecule has 0 bridgehead atoms. The highest BCUT2D eigenvalue weighted by Gasteiger charge is 2.42. The quantitative estimate of drug-likeness (QED) is 0.837. The number of benzene rings is 2. The van der Waals surface area contributed by atoms with E-state index in [1.807, 2.05) is 24.3 Å². The second kappa shape index (κ2) is 4.27. The van der Waals surface area contributed by atoms with E-state index in [2.05, 4.69) is 32.9 Å². The fraction of sp³-hybridized carbons (Fsp3) is 0.333. The molecular formula is C18H20O2. The Morgan fingerprint density at radius 2 is 1.60 bits per heavy atom. The van der Waals surface area contributed by atoms with Gasteiger partial charge in [-0.25, -0.2) is 0 Å².